The smallest absolute Gasteiger partial charge is 0.283 e. The summed E-state index contributed by atoms with van der Waals surface area (Å²) in [7, 11) is -2.22. The molecule has 36 heavy (non-hydrogen) atoms. The van der Waals surface area contributed by atoms with Gasteiger partial charge in [-0.15, -0.1) is 0 Å². The standard InChI is InChI=1S/C24H24N4O6S2/c1-15-5-8-17(9-6-15)33-11-4-12-34-19-10-7-16(14-20(19)32-2)13-18-21(25)28-23(26-22(18)29)35-27-24(28)36(3,30)31/h5-10,13-14,25H,4,11-12H2,1-3H3. The van der Waals surface area contributed by atoms with Crippen LogP contribution in [0.1, 0.15) is 17.5 Å². The Morgan fingerprint density at radius 1 is 1.08 bits per heavy atom. The molecular weight excluding hydrogens is 504 g/mol. The molecule has 188 valence electrons. The second-order valence-electron chi connectivity index (χ2n) is 7.95. The fourth-order valence-corrected chi connectivity index (χ4v) is 5.21. The normalized spacial score (nSPS) is 16.5. The van der Waals surface area contributed by atoms with Crippen LogP contribution in [0.3, 0.4) is 0 Å². The summed E-state index contributed by atoms with van der Waals surface area (Å²) in [6.45, 7) is 2.92. The number of benzene rings is 2. The molecule has 0 atom stereocenters. The van der Waals surface area contributed by atoms with E-state index >= 15 is 0 Å². The van der Waals surface area contributed by atoms with Crippen molar-refractivity contribution in [2.75, 3.05) is 26.6 Å². The Labute approximate surface area is 213 Å². The number of hydrogen-bond donors (Lipinski definition) is 1. The summed E-state index contributed by atoms with van der Waals surface area (Å²) in [6.07, 6.45) is 3.10. The van der Waals surface area contributed by atoms with Crippen molar-refractivity contribution >= 4 is 49.9 Å². The molecule has 0 radical (unpaired) electrons. The molecular formula is C24H24N4O6S2. The van der Waals surface area contributed by atoms with E-state index in [2.05, 4.69) is 9.39 Å². The first kappa shape index (κ1) is 25.5. The van der Waals surface area contributed by atoms with E-state index < -0.39 is 15.7 Å². The Morgan fingerprint density at radius 3 is 2.50 bits per heavy atom. The van der Waals surface area contributed by atoms with Gasteiger partial charge in [-0.2, -0.15) is 9.39 Å². The van der Waals surface area contributed by atoms with Gasteiger partial charge in [0.05, 0.1) is 37.8 Å². The molecule has 12 heteroatoms. The number of aliphatic imine (C=N–C) groups is 1. The Morgan fingerprint density at radius 2 is 1.81 bits per heavy atom. The minimum atomic E-state index is -3.72. The maximum absolute atomic E-state index is 12.5. The molecule has 0 saturated heterocycles. The highest BCUT2D eigenvalue weighted by Crippen LogP contribution is 2.32. The van der Waals surface area contributed by atoms with Gasteiger partial charge in [-0.25, -0.2) is 13.3 Å². The number of carbonyl (C=O) groups excluding carboxylic acids is 1. The summed E-state index contributed by atoms with van der Waals surface area (Å²) >= 11 is 0.746. The number of nitrogens with zero attached hydrogens (tertiary/aromatic N) is 3. The third-order valence-corrected chi connectivity index (χ3v) is 6.91. The van der Waals surface area contributed by atoms with Gasteiger partial charge in [-0.05, 0) is 42.8 Å². The first-order chi connectivity index (χ1) is 17.2. The van der Waals surface area contributed by atoms with Crippen LogP contribution in [0.2, 0.25) is 0 Å². The molecule has 10 nitrogen and oxygen atoms in total. The van der Waals surface area contributed by atoms with Gasteiger partial charge in [-0.3, -0.25) is 10.2 Å². The Bertz CT molecular complexity index is 1400. The lowest BCUT2D eigenvalue weighted by Gasteiger charge is -2.23. The fourth-order valence-electron chi connectivity index (χ4n) is 3.36. The fraction of sp³-hybridized carbons (Fsp3) is 0.250. The molecule has 0 fully saturated rings. The summed E-state index contributed by atoms with van der Waals surface area (Å²) in [5.74, 6) is 0.793. The second-order valence-corrected chi connectivity index (χ2v) is 10.6. The predicted octanol–water partition coefficient (Wildman–Crippen LogP) is 3.47. The number of ether oxygens (including phenoxy) is 3. The van der Waals surface area contributed by atoms with Crippen LogP contribution in [0.15, 0.2) is 57.4 Å². The highest BCUT2D eigenvalue weighted by Gasteiger charge is 2.41. The van der Waals surface area contributed by atoms with Crippen LogP contribution in [-0.2, 0) is 14.6 Å². The van der Waals surface area contributed by atoms with Crippen molar-refractivity contribution in [3.8, 4) is 17.2 Å². The largest absolute Gasteiger partial charge is 0.493 e. The average molecular weight is 529 g/mol. The summed E-state index contributed by atoms with van der Waals surface area (Å²) in [4.78, 5) is 17.5. The zero-order valence-corrected chi connectivity index (χ0v) is 21.5. The van der Waals surface area contributed by atoms with Crippen LogP contribution < -0.4 is 14.2 Å². The van der Waals surface area contributed by atoms with Gasteiger partial charge in [0.2, 0.25) is 20.2 Å². The summed E-state index contributed by atoms with van der Waals surface area (Å²) in [5, 5.41) is 8.14. The molecule has 1 N–H and O–H groups in total. The van der Waals surface area contributed by atoms with Crippen LogP contribution in [0, 0.1) is 12.3 Å². The minimum absolute atomic E-state index is 0.0373. The quantitative estimate of drug-likeness (QED) is 0.313. The third-order valence-electron chi connectivity index (χ3n) is 5.16. The first-order valence-electron chi connectivity index (χ1n) is 10.9. The molecule has 1 amide bonds. The number of sulfone groups is 1. The molecule has 0 aliphatic carbocycles. The van der Waals surface area contributed by atoms with Crippen LogP contribution in [0.5, 0.6) is 17.2 Å². The van der Waals surface area contributed by atoms with Crippen molar-refractivity contribution in [2.45, 2.75) is 13.3 Å². The van der Waals surface area contributed by atoms with E-state index in [1.165, 1.54) is 18.7 Å². The van der Waals surface area contributed by atoms with Crippen molar-refractivity contribution in [1.29, 1.82) is 5.41 Å². The van der Waals surface area contributed by atoms with Crippen molar-refractivity contribution < 1.29 is 27.4 Å². The summed E-state index contributed by atoms with van der Waals surface area (Å²) < 4.78 is 44.9. The molecule has 0 bridgehead atoms. The maximum atomic E-state index is 12.5. The van der Waals surface area contributed by atoms with Gasteiger partial charge < -0.3 is 14.2 Å². The van der Waals surface area contributed by atoms with Crippen LogP contribution >= 0.6 is 11.9 Å². The lowest BCUT2D eigenvalue weighted by atomic mass is 10.1. The second kappa shape index (κ2) is 10.5. The van der Waals surface area contributed by atoms with Crippen LogP contribution in [-0.4, -0.2) is 62.0 Å². The number of amides is 1. The highest BCUT2D eigenvalue weighted by molar-refractivity contribution is 8.16. The number of hydrogen-bond acceptors (Lipinski definition) is 9. The molecule has 2 aliphatic rings. The SMILES string of the molecule is COc1cc(C=C2C(=N)N3C(=NC2=O)SN=C3S(C)(=O)=O)ccc1OCCCOc1ccc(C)cc1. The van der Waals surface area contributed by atoms with Gasteiger partial charge in [-0.1, -0.05) is 23.8 Å². The van der Waals surface area contributed by atoms with Gasteiger partial charge in [0.25, 0.3) is 5.91 Å². The van der Waals surface area contributed by atoms with Gasteiger partial charge in [0.1, 0.15) is 11.6 Å². The number of aryl methyl sites for hydroxylation is 1. The average Bonchev–Trinajstić information content (AvgIpc) is 3.28. The number of amidine groups is 3. The Kier molecular flexibility index (Phi) is 7.45. The highest BCUT2D eigenvalue weighted by atomic mass is 32.2. The summed E-state index contributed by atoms with van der Waals surface area (Å²) in [5.41, 5.74) is 1.65. The summed E-state index contributed by atoms with van der Waals surface area (Å²) in [6, 6.07) is 12.9. The van der Waals surface area contributed by atoms with E-state index in [1.807, 2.05) is 31.2 Å². The van der Waals surface area contributed by atoms with Gasteiger partial charge in [0.15, 0.2) is 11.5 Å². The first-order valence-corrected chi connectivity index (χ1v) is 13.5. The van der Waals surface area contributed by atoms with E-state index in [0.29, 0.717) is 36.7 Å². The van der Waals surface area contributed by atoms with Crippen LogP contribution in [0.4, 0.5) is 0 Å². The van der Waals surface area contributed by atoms with E-state index in [0.717, 1.165) is 28.9 Å². The third kappa shape index (κ3) is 5.60. The van der Waals surface area contributed by atoms with E-state index in [4.69, 9.17) is 19.6 Å². The lowest BCUT2D eigenvalue weighted by molar-refractivity contribution is -0.114. The number of rotatable bonds is 8. The zero-order valence-electron chi connectivity index (χ0n) is 19.8. The molecule has 2 aliphatic heterocycles. The molecule has 0 unspecified atom stereocenters. The van der Waals surface area contributed by atoms with Crippen molar-refractivity contribution in [3.63, 3.8) is 0 Å². The number of fused-ring (bicyclic) bond motifs is 1. The lowest BCUT2D eigenvalue weighted by Crippen LogP contribution is -2.45. The predicted molar refractivity (Wildman–Crippen MR) is 140 cm³/mol. The van der Waals surface area contributed by atoms with Crippen LogP contribution in [0.25, 0.3) is 6.08 Å². The maximum Gasteiger partial charge on any atom is 0.283 e. The van der Waals surface area contributed by atoms with Gasteiger partial charge >= 0.3 is 0 Å². The molecule has 0 aromatic heterocycles. The van der Waals surface area contributed by atoms with Crippen molar-refractivity contribution in [3.05, 3.63) is 59.2 Å². The van der Waals surface area contributed by atoms with E-state index in [9.17, 15) is 13.2 Å². The molecule has 2 aromatic carbocycles. The molecule has 0 saturated carbocycles. The van der Waals surface area contributed by atoms with E-state index in [-0.39, 0.29) is 21.7 Å². The van der Waals surface area contributed by atoms with Gasteiger partial charge in [0, 0.05) is 12.7 Å². The number of carbonyl (C=O) groups is 1. The molecule has 0 spiro atoms. The number of nitrogens with one attached hydrogen (secondary N) is 1. The monoisotopic (exact) mass is 528 g/mol. The van der Waals surface area contributed by atoms with Crippen molar-refractivity contribution in [1.82, 2.24) is 4.90 Å². The molecule has 2 aromatic rings. The molecule has 2 heterocycles. The topological polar surface area (TPSA) is 131 Å². The Hall–Kier alpha value is -3.64. The number of methoxy groups -OCH3 is 1. The molecule has 4 rings (SSSR count). The zero-order chi connectivity index (χ0) is 25.9. The Balaban J connectivity index is 1.43. The van der Waals surface area contributed by atoms with Crippen molar-refractivity contribution in [2.24, 2.45) is 9.39 Å². The minimum Gasteiger partial charge on any atom is -0.493 e. The van der Waals surface area contributed by atoms with E-state index in [1.54, 1.807) is 18.2 Å².